The van der Waals surface area contributed by atoms with Gasteiger partial charge in [0.2, 0.25) is 11.8 Å². The van der Waals surface area contributed by atoms with Gasteiger partial charge in [0.15, 0.2) is 0 Å². The zero-order valence-electron chi connectivity index (χ0n) is 17.7. The Kier molecular flexibility index (Phi) is 8.74. The van der Waals surface area contributed by atoms with Crippen LogP contribution in [0.2, 0.25) is 0 Å². The minimum Gasteiger partial charge on any atom is -0.480 e. The molecule has 3 atom stereocenters. The topological polar surface area (TPSA) is 102 Å². The lowest BCUT2D eigenvalue weighted by Gasteiger charge is -2.42. The van der Waals surface area contributed by atoms with Gasteiger partial charge in [-0.2, -0.15) is 12.6 Å². The van der Waals surface area contributed by atoms with Gasteiger partial charge in [-0.25, -0.2) is 5.01 Å². The molecule has 3 unspecified atom stereocenters. The van der Waals surface area contributed by atoms with Crippen LogP contribution in [0.15, 0.2) is 30.3 Å². The Balaban J connectivity index is 1.62. The van der Waals surface area contributed by atoms with E-state index < -0.39 is 18.1 Å². The van der Waals surface area contributed by atoms with E-state index in [9.17, 15) is 19.5 Å². The first-order valence-electron chi connectivity index (χ1n) is 11.0. The lowest BCUT2D eigenvalue weighted by atomic mass is 10.0. The van der Waals surface area contributed by atoms with Crippen molar-refractivity contribution in [3.05, 3.63) is 35.9 Å². The number of rotatable bonds is 9. The molecule has 1 aromatic rings. The molecule has 9 heteroatoms. The molecule has 2 aliphatic rings. The number of hydrogen-bond donors (Lipinski definition) is 4. The molecule has 8 nitrogen and oxygen atoms in total. The summed E-state index contributed by atoms with van der Waals surface area (Å²) < 4.78 is 0. The SMILES string of the molecule is O=C(O)C(CCc1ccccc1)NC1CCN2CCCC(C(=O)NCCS)N2C(=O)C1. The second kappa shape index (κ2) is 11.5. The van der Waals surface area contributed by atoms with Gasteiger partial charge < -0.3 is 15.7 Å². The van der Waals surface area contributed by atoms with Crippen LogP contribution in [0.5, 0.6) is 0 Å². The standard InChI is InChI=1S/C22H32N4O4S/c27-20-15-17(24-18(22(29)30)9-8-16-5-2-1-3-6-16)10-13-25-12-4-7-19(26(20)25)21(28)23-11-14-31/h1-3,5-6,17-19,24,31H,4,7-15H2,(H,23,28)(H,29,30). The molecule has 0 aromatic heterocycles. The van der Waals surface area contributed by atoms with Crippen molar-refractivity contribution in [1.29, 1.82) is 0 Å². The molecule has 0 saturated carbocycles. The molecule has 0 aliphatic carbocycles. The normalized spacial score (nSPS) is 23.0. The van der Waals surface area contributed by atoms with Gasteiger partial charge in [0, 0.05) is 37.8 Å². The molecular formula is C22H32N4O4S. The predicted octanol–water partition coefficient (Wildman–Crippen LogP) is 1.08. The minimum absolute atomic E-state index is 0.132. The van der Waals surface area contributed by atoms with Crippen LogP contribution in [0.1, 0.15) is 37.7 Å². The van der Waals surface area contributed by atoms with E-state index in [0.29, 0.717) is 44.5 Å². The van der Waals surface area contributed by atoms with E-state index in [1.165, 1.54) is 0 Å². The lowest BCUT2D eigenvalue weighted by molar-refractivity contribution is -0.165. The van der Waals surface area contributed by atoms with Gasteiger partial charge >= 0.3 is 5.97 Å². The molecule has 2 heterocycles. The fourth-order valence-electron chi connectivity index (χ4n) is 4.36. The van der Waals surface area contributed by atoms with Crippen molar-refractivity contribution in [2.45, 2.75) is 56.7 Å². The van der Waals surface area contributed by atoms with E-state index >= 15 is 0 Å². The smallest absolute Gasteiger partial charge is 0.320 e. The van der Waals surface area contributed by atoms with E-state index in [1.54, 1.807) is 5.01 Å². The Hall–Kier alpha value is -2.10. The maximum Gasteiger partial charge on any atom is 0.320 e. The summed E-state index contributed by atoms with van der Waals surface area (Å²) in [6, 6.07) is 8.31. The van der Waals surface area contributed by atoms with Crippen molar-refractivity contribution in [3.63, 3.8) is 0 Å². The Bertz CT molecular complexity index is 763. The summed E-state index contributed by atoms with van der Waals surface area (Å²) in [5.41, 5.74) is 1.09. The molecule has 2 fully saturated rings. The summed E-state index contributed by atoms with van der Waals surface area (Å²) in [6.07, 6.45) is 3.41. The second-order valence-electron chi connectivity index (χ2n) is 8.14. The van der Waals surface area contributed by atoms with Crippen LogP contribution in [-0.2, 0) is 20.8 Å². The van der Waals surface area contributed by atoms with E-state index in [-0.39, 0.29) is 24.3 Å². The molecule has 0 spiro atoms. The van der Waals surface area contributed by atoms with Crippen LogP contribution in [-0.4, -0.2) is 76.4 Å². The van der Waals surface area contributed by atoms with Crippen molar-refractivity contribution < 1.29 is 19.5 Å². The van der Waals surface area contributed by atoms with Gasteiger partial charge in [-0.1, -0.05) is 30.3 Å². The number of aryl methyl sites for hydroxylation is 1. The number of nitrogens with one attached hydrogen (secondary N) is 2. The number of aliphatic carboxylic acids is 1. The Morgan fingerprint density at radius 3 is 2.68 bits per heavy atom. The zero-order valence-corrected chi connectivity index (χ0v) is 18.6. The molecule has 3 N–H and O–H groups in total. The molecule has 31 heavy (non-hydrogen) atoms. The van der Waals surface area contributed by atoms with Crippen molar-refractivity contribution in [2.75, 3.05) is 25.4 Å². The number of amides is 2. The van der Waals surface area contributed by atoms with Crippen molar-refractivity contribution in [3.8, 4) is 0 Å². The molecule has 3 rings (SSSR count). The number of thiol groups is 1. The number of hydrogen-bond acceptors (Lipinski definition) is 6. The molecule has 1 aromatic carbocycles. The maximum absolute atomic E-state index is 13.1. The van der Waals surface area contributed by atoms with Crippen LogP contribution in [0.4, 0.5) is 0 Å². The van der Waals surface area contributed by atoms with Crippen LogP contribution in [0, 0.1) is 0 Å². The Morgan fingerprint density at radius 2 is 1.97 bits per heavy atom. The number of hydrazine groups is 1. The first-order chi connectivity index (χ1) is 15.0. The van der Waals surface area contributed by atoms with Crippen LogP contribution >= 0.6 is 12.6 Å². The first kappa shape index (κ1) is 23.6. The van der Waals surface area contributed by atoms with Crippen LogP contribution in [0.25, 0.3) is 0 Å². The highest BCUT2D eigenvalue weighted by atomic mass is 32.1. The fourth-order valence-corrected chi connectivity index (χ4v) is 4.47. The van der Waals surface area contributed by atoms with Gasteiger partial charge in [-0.15, -0.1) is 0 Å². The highest BCUT2D eigenvalue weighted by Crippen LogP contribution is 2.24. The third-order valence-electron chi connectivity index (χ3n) is 5.92. The number of carboxylic acid groups (broad SMARTS) is 1. The molecule has 0 radical (unpaired) electrons. The third-order valence-corrected chi connectivity index (χ3v) is 6.14. The predicted molar refractivity (Wildman–Crippen MR) is 121 cm³/mol. The van der Waals surface area contributed by atoms with Gasteiger partial charge in [-0.3, -0.25) is 19.4 Å². The summed E-state index contributed by atoms with van der Waals surface area (Å²) in [5.74, 6) is -0.644. The molecule has 2 aliphatic heterocycles. The number of carbonyl (C=O) groups is 3. The molecule has 2 saturated heterocycles. The summed E-state index contributed by atoms with van der Waals surface area (Å²) >= 11 is 4.13. The summed E-state index contributed by atoms with van der Waals surface area (Å²) in [4.78, 5) is 37.5. The molecule has 170 valence electrons. The third kappa shape index (κ3) is 6.44. The van der Waals surface area contributed by atoms with E-state index in [1.807, 2.05) is 35.3 Å². The van der Waals surface area contributed by atoms with Gasteiger partial charge in [0.05, 0.1) is 0 Å². The fraction of sp³-hybridized carbons (Fsp3) is 0.591. The Labute approximate surface area is 188 Å². The largest absolute Gasteiger partial charge is 0.480 e. The van der Waals surface area contributed by atoms with Crippen LogP contribution in [0.3, 0.4) is 0 Å². The molecule has 0 bridgehead atoms. The zero-order chi connectivity index (χ0) is 22.2. The summed E-state index contributed by atoms with van der Waals surface area (Å²) in [5, 5.41) is 19.3. The average molecular weight is 449 g/mol. The van der Waals surface area contributed by atoms with Gasteiger partial charge in [-0.05, 0) is 37.7 Å². The number of fused-ring (bicyclic) bond motifs is 1. The van der Waals surface area contributed by atoms with E-state index in [0.717, 1.165) is 18.5 Å². The number of carbonyl (C=O) groups excluding carboxylic acids is 2. The molecular weight excluding hydrogens is 416 g/mol. The summed E-state index contributed by atoms with van der Waals surface area (Å²) in [7, 11) is 0. The van der Waals surface area contributed by atoms with Crippen molar-refractivity contribution in [2.24, 2.45) is 0 Å². The average Bonchev–Trinajstić information content (AvgIpc) is 2.94. The quantitative estimate of drug-likeness (QED) is 0.422. The monoisotopic (exact) mass is 448 g/mol. The van der Waals surface area contributed by atoms with Crippen LogP contribution < -0.4 is 10.6 Å². The lowest BCUT2D eigenvalue weighted by Crippen LogP contribution is -2.59. The number of benzene rings is 1. The van der Waals surface area contributed by atoms with Crippen molar-refractivity contribution >= 4 is 30.4 Å². The Morgan fingerprint density at radius 1 is 1.19 bits per heavy atom. The molecule has 2 amide bonds. The van der Waals surface area contributed by atoms with Gasteiger partial charge in [0.25, 0.3) is 0 Å². The highest BCUT2D eigenvalue weighted by Gasteiger charge is 2.40. The second-order valence-corrected chi connectivity index (χ2v) is 8.58. The highest BCUT2D eigenvalue weighted by molar-refractivity contribution is 7.80. The van der Waals surface area contributed by atoms with Gasteiger partial charge in [0.1, 0.15) is 12.1 Å². The van der Waals surface area contributed by atoms with E-state index in [4.69, 9.17) is 0 Å². The van der Waals surface area contributed by atoms with E-state index in [2.05, 4.69) is 23.3 Å². The summed E-state index contributed by atoms with van der Waals surface area (Å²) in [6.45, 7) is 1.81. The van der Waals surface area contributed by atoms with Crippen molar-refractivity contribution in [1.82, 2.24) is 20.7 Å². The minimum atomic E-state index is -0.908. The first-order valence-corrected chi connectivity index (χ1v) is 11.6. The maximum atomic E-state index is 13.1. The number of carboxylic acids is 1. The number of nitrogens with zero attached hydrogens (tertiary/aromatic N) is 2.